The van der Waals surface area contributed by atoms with E-state index in [9.17, 15) is 4.79 Å². The number of para-hydroxylation sites is 1. The summed E-state index contributed by atoms with van der Waals surface area (Å²) in [7, 11) is 0. The summed E-state index contributed by atoms with van der Waals surface area (Å²) in [6.07, 6.45) is 3.21. The zero-order chi connectivity index (χ0) is 12.6. The number of benzene rings is 1. The molecule has 1 aliphatic carbocycles. The summed E-state index contributed by atoms with van der Waals surface area (Å²) in [5.41, 5.74) is 0.897. The molecule has 1 amide bonds. The van der Waals surface area contributed by atoms with Crippen molar-refractivity contribution in [1.29, 1.82) is 0 Å². The molecular formula is C14H16ClNO2. The van der Waals surface area contributed by atoms with Crippen LogP contribution in [0.1, 0.15) is 24.8 Å². The van der Waals surface area contributed by atoms with Gasteiger partial charge in [-0.1, -0.05) is 18.2 Å². The number of nitrogens with zero attached hydrogens (tertiary/aromatic N) is 1. The van der Waals surface area contributed by atoms with Crippen LogP contribution >= 0.6 is 11.6 Å². The second-order valence-corrected chi connectivity index (χ2v) is 5.40. The van der Waals surface area contributed by atoms with Crippen molar-refractivity contribution in [3.05, 3.63) is 29.8 Å². The van der Waals surface area contributed by atoms with Crippen LogP contribution in [0.3, 0.4) is 0 Å². The molecule has 1 spiro atoms. The van der Waals surface area contributed by atoms with Gasteiger partial charge in [-0.25, -0.2) is 0 Å². The van der Waals surface area contributed by atoms with Crippen LogP contribution in [-0.2, 0) is 11.3 Å². The lowest BCUT2D eigenvalue weighted by Crippen LogP contribution is -2.52. The van der Waals surface area contributed by atoms with Gasteiger partial charge in [-0.15, -0.1) is 11.6 Å². The molecule has 18 heavy (non-hydrogen) atoms. The molecule has 4 heteroatoms. The van der Waals surface area contributed by atoms with Crippen molar-refractivity contribution in [1.82, 2.24) is 4.90 Å². The molecule has 3 rings (SSSR count). The first-order valence-corrected chi connectivity index (χ1v) is 6.87. The molecule has 0 saturated heterocycles. The summed E-state index contributed by atoms with van der Waals surface area (Å²) in [4.78, 5) is 13.7. The van der Waals surface area contributed by atoms with Crippen molar-refractivity contribution < 1.29 is 9.53 Å². The number of alkyl halides is 1. The Bertz CT molecular complexity index is 471. The molecule has 3 nitrogen and oxygen atoms in total. The van der Waals surface area contributed by atoms with Gasteiger partial charge in [0.05, 0.1) is 6.54 Å². The van der Waals surface area contributed by atoms with E-state index in [1.54, 1.807) is 0 Å². The summed E-state index contributed by atoms with van der Waals surface area (Å²) in [5, 5.41) is 0. The average Bonchev–Trinajstić information content (AvgIpc) is 2.53. The maximum Gasteiger partial charge on any atom is 0.237 e. The highest BCUT2D eigenvalue weighted by Crippen LogP contribution is 2.41. The summed E-state index contributed by atoms with van der Waals surface area (Å²) in [6, 6.07) is 7.96. The number of ether oxygens (including phenoxy) is 1. The van der Waals surface area contributed by atoms with E-state index in [1.807, 2.05) is 29.2 Å². The van der Waals surface area contributed by atoms with Crippen molar-refractivity contribution in [2.45, 2.75) is 31.4 Å². The molecule has 0 aromatic heterocycles. The lowest BCUT2D eigenvalue weighted by molar-refractivity contribution is -0.133. The molecule has 0 atom stereocenters. The van der Waals surface area contributed by atoms with E-state index in [4.69, 9.17) is 16.3 Å². The van der Waals surface area contributed by atoms with E-state index in [0.717, 1.165) is 24.2 Å². The molecule has 1 fully saturated rings. The number of fused-ring (bicyclic) bond motifs is 1. The minimum atomic E-state index is -0.172. The zero-order valence-electron chi connectivity index (χ0n) is 10.2. The quantitative estimate of drug-likeness (QED) is 0.731. The number of halogens is 1. The van der Waals surface area contributed by atoms with Crippen LogP contribution in [0.15, 0.2) is 24.3 Å². The van der Waals surface area contributed by atoms with Crippen molar-refractivity contribution in [3.63, 3.8) is 0 Å². The molecule has 2 aliphatic rings. The fourth-order valence-corrected chi connectivity index (χ4v) is 2.87. The Morgan fingerprint density at radius 2 is 2.17 bits per heavy atom. The van der Waals surface area contributed by atoms with Crippen molar-refractivity contribution >= 4 is 17.5 Å². The van der Waals surface area contributed by atoms with Crippen LogP contribution in [0.2, 0.25) is 0 Å². The van der Waals surface area contributed by atoms with E-state index in [-0.39, 0.29) is 17.4 Å². The van der Waals surface area contributed by atoms with Gasteiger partial charge in [0.2, 0.25) is 5.91 Å². The van der Waals surface area contributed by atoms with Crippen LogP contribution in [0.4, 0.5) is 0 Å². The van der Waals surface area contributed by atoms with E-state index in [2.05, 4.69) is 0 Å². The number of carbonyl (C=O) groups is 1. The second-order valence-electron chi connectivity index (χ2n) is 5.13. The summed E-state index contributed by atoms with van der Waals surface area (Å²) < 4.78 is 6.17. The van der Waals surface area contributed by atoms with Gasteiger partial charge in [0.25, 0.3) is 0 Å². The maximum absolute atomic E-state index is 11.9. The fourth-order valence-electron chi connectivity index (χ4n) is 2.70. The van der Waals surface area contributed by atoms with Crippen molar-refractivity contribution in [2.24, 2.45) is 0 Å². The molecule has 0 N–H and O–H groups in total. The van der Waals surface area contributed by atoms with Gasteiger partial charge >= 0.3 is 0 Å². The lowest BCUT2D eigenvalue weighted by atomic mass is 9.79. The van der Waals surface area contributed by atoms with Gasteiger partial charge in [0, 0.05) is 12.1 Å². The van der Waals surface area contributed by atoms with Gasteiger partial charge in [-0.05, 0) is 25.3 Å². The van der Waals surface area contributed by atoms with Crippen LogP contribution in [0.25, 0.3) is 0 Å². The second kappa shape index (κ2) is 4.47. The highest BCUT2D eigenvalue weighted by Gasteiger charge is 2.43. The minimum Gasteiger partial charge on any atom is -0.485 e. The number of hydrogen-bond donors (Lipinski definition) is 0. The molecule has 1 saturated carbocycles. The summed E-state index contributed by atoms with van der Waals surface area (Å²) >= 11 is 5.69. The SMILES string of the molecule is O=C(CCl)N1Cc2ccccc2OC2(CCC2)C1. The largest absolute Gasteiger partial charge is 0.485 e. The lowest BCUT2D eigenvalue weighted by Gasteiger charge is -2.42. The first kappa shape index (κ1) is 11.8. The highest BCUT2D eigenvalue weighted by molar-refractivity contribution is 6.27. The van der Waals surface area contributed by atoms with Gasteiger partial charge < -0.3 is 9.64 Å². The topological polar surface area (TPSA) is 29.5 Å². The van der Waals surface area contributed by atoms with E-state index >= 15 is 0 Å². The van der Waals surface area contributed by atoms with Crippen molar-refractivity contribution in [2.75, 3.05) is 12.4 Å². The molecule has 0 bridgehead atoms. The first-order valence-electron chi connectivity index (χ1n) is 6.33. The molecular weight excluding hydrogens is 250 g/mol. The third kappa shape index (κ3) is 1.97. The Morgan fingerprint density at radius 1 is 1.39 bits per heavy atom. The summed E-state index contributed by atoms with van der Waals surface area (Å²) in [6.45, 7) is 1.26. The Labute approximate surface area is 112 Å². The Balaban J connectivity index is 1.95. The van der Waals surface area contributed by atoms with Gasteiger partial charge in [-0.2, -0.15) is 0 Å². The van der Waals surface area contributed by atoms with Gasteiger partial charge in [0.15, 0.2) is 0 Å². The Morgan fingerprint density at radius 3 is 2.83 bits per heavy atom. The summed E-state index contributed by atoms with van der Waals surface area (Å²) in [5.74, 6) is 0.948. The normalized spacial score (nSPS) is 20.6. The predicted molar refractivity (Wildman–Crippen MR) is 69.8 cm³/mol. The van der Waals surface area contributed by atoms with E-state index < -0.39 is 0 Å². The van der Waals surface area contributed by atoms with Gasteiger partial charge in [-0.3, -0.25) is 4.79 Å². The standard InChI is InChI=1S/C14H16ClNO2/c15-8-13(17)16-9-11-4-1-2-5-12(11)18-14(10-16)6-3-7-14/h1-2,4-5H,3,6-10H2. The van der Waals surface area contributed by atoms with Crippen LogP contribution in [-0.4, -0.2) is 28.8 Å². The molecule has 1 aromatic carbocycles. The first-order chi connectivity index (χ1) is 8.72. The van der Waals surface area contributed by atoms with E-state index in [0.29, 0.717) is 13.1 Å². The predicted octanol–water partition coefficient (Wildman–Crippen LogP) is 2.57. The minimum absolute atomic E-state index is 0.0109. The zero-order valence-corrected chi connectivity index (χ0v) is 10.9. The molecule has 1 aromatic rings. The van der Waals surface area contributed by atoms with Crippen molar-refractivity contribution in [3.8, 4) is 5.75 Å². The van der Waals surface area contributed by atoms with Crippen LogP contribution < -0.4 is 4.74 Å². The molecule has 0 unspecified atom stereocenters. The fraction of sp³-hybridized carbons (Fsp3) is 0.500. The van der Waals surface area contributed by atoms with Gasteiger partial charge in [0.1, 0.15) is 17.2 Å². The molecule has 1 aliphatic heterocycles. The van der Waals surface area contributed by atoms with E-state index in [1.165, 1.54) is 6.42 Å². The number of hydrogen-bond acceptors (Lipinski definition) is 2. The van der Waals surface area contributed by atoms with Crippen LogP contribution in [0.5, 0.6) is 5.75 Å². The third-order valence-electron chi connectivity index (χ3n) is 3.87. The number of rotatable bonds is 1. The molecule has 96 valence electrons. The smallest absolute Gasteiger partial charge is 0.237 e. The van der Waals surface area contributed by atoms with Crippen LogP contribution in [0, 0.1) is 0 Å². The Hall–Kier alpha value is -1.22. The molecule has 1 heterocycles. The maximum atomic E-state index is 11.9. The third-order valence-corrected chi connectivity index (χ3v) is 4.10. The number of amides is 1. The number of carbonyl (C=O) groups excluding carboxylic acids is 1. The monoisotopic (exact) mass is 265 g/mol. The Kier molecular flexibility index (Phi) is 2.94. The molecule has 0 radical (unpaired) electrons. The highest BCUT2D eigenvalue weighted by atomic mass is 35.5. The average molecular weight is 266 g/mol.